The van der Waals surface area contributed by atoms with Crippen molar-refractivity contribution in [3.8, 4) is 0 Å². The Labute approximate surface area is 104 Å². The Kier molecular flexibility index (Phi) is 4.32. The van der Waals surface area contributed by atoms with Gasteiger partial charge in [-0.2, -0.15) is 13.2 Å². The van der Waals surface area contributed by atoms with Crippen molar-refractivity contribution in [1.29, 1.82) is 0 Å². The highest BCUT2D eigenvalue weighted by atomic mass is 19.4. The average Bonchev–Trinajstić information content (AvgIpc) is 2.24. The van der Waals surface area contributed by atoms with Gasteiger partial charge in [0.25, 0.3) is 0 Å². The maximum Gasteiger partial charge on any atom is 0.405 e. The highest BCUT2D eigenvalue weighted by Gasteiger charge is 2.32. The molecule has 100 valence electrons. The molecule has 0 radical (unpaired) electrons. The molecule has 0 aliphatic heterocycles. The number of Topliss-reactive ketones (excluding diaryl/α,β-unsaturated/α-hetero) is 1. The average molecular weight is 260 g/mol. The minimum absolute atomic E-state index is 0.214. The van der Waals surface area contributed by atoms with E-state index in [1.807, 2.05) is 0 Å². The lowest BCUT2D eigenvalue weighted by Crippen LogP contribution is -2.39. The summed E-state index contributed by atoms with van der Waals surface area (Å²) in [5, 5.41) is 0. The number of alkyl halides is 3. The van der Waals surface area contributed by atoms with Crippen molar-refractivity contribution in [2.24, 2.45) is 0 Å². The molecule has 0 saturated carbocycles. The SMILES string of the molecule is CC(=O)c1ccc(N(CC(F)(F)F)C(C)C)cn1. The van der Waals surface area contributed by atoms with Crippen LogP contribution in [0, 0.1) is 0 Å². The Balaban J connectivity index is 2.96. The molecular weight excluding hydrogens is 245 g/mol. The molecule has 0 N–H and O–H groups in total. The van der Waals surface area contributed by atoms with Crippen molar-refractivity contribution in [2.75, 3.05) is 11.4 Å². The zero-order chi connectivity index (χ0) is 13.9. The molecule has 1 heterocycles. The maximum atomic E-state index is 12.4. The van der Waals surface area contributed by atoms with E-state index in [1.54, 1.807) is 13.8 Å². The van der Waals surface area contributed by atoms with Crippen LogP contribution in [0.4, 0.5) is 18.9 Å². The summed E-state index contributed by atoms with van der Waals surface area (Å²) in [6.45, 7) is 3.67. The van der Waals surface area contributed by atoms with Crippen LogP contribution in [-0.2, 0) is 0 Å². The lowest BCUT2D eigenvalue weighted by molar-refractivity contribution is -0.120. The van der Waals surface area contributed by atoms with Gasteiger partial charge in [-0.1, -0.05) is 0 Å². The molecule has 0 aliphatic rings. The number of carbonyl (C=O) groups excluding carboxylic acids is 1. The number of anilines is 1. The summed E-state index contributed by atoms with van der Waals surface area (Å²) in [7, 11) is 0. The van der Waals surface area contributed by atoms with Crippen LogP contribution in [-0.4, -0.2) is 29.5 Å². The van der Waals surface area contributed by atoms with Crippen molar-refractivity contribution >= 4 is 11.5 Å². The van der Waals surface area contributed by atoms with Crippen LogP contribution in [0.3, 0.4) is 0 Å². The number of hydrogen-bond acceptors (Lipinski definition) is 3. The first-order valence-corrected chi connectivity index (χ1v) is 5.51. The standard InChI is InChI=1S/C12H15F3N2O/c1-8(2)17(7-12(13,14)15)10-4-5-11(9(3)18)16-6-10/h4-6,8H,7H2,1-3H3. The van der Waals surface area contributed by atoms with E-state index in [4.69, 9.17) is 0 Å². The van der Waals surface area contributed by atoms with Gasteiger partial charge in [0, 0.05) is 13.0 Å². The topological polar surface area (TPSA) is 33.2 Å². The van der Waals surface area contributed by atoms with E-state index in [2.05, 4.69) is 4.98 Å². The number of aromatic nitrogens is 1. The van der Waals surface area contributed by atoms with Crippen molar-refractivity contribution in [3.63, 3.8) is 0 Å². The zero-order valence-corrected chi connectivity index (χ0v) is 10.5. The van der Waals surface area contributed by atoms with Gasteiger partial charge in [0.15, 0.2) is 5.78 Å². The van der Waals surface area contributed by atoms with Crippen LogP contribution in [0.2, 0.25) is 0 Å². The molecular formula is C12H15F3N2O. The van der Waals surface area contributed by atoms with Gasteiger partial charge in [0.1, 0.15) is 12.2 Å². The fraction of sp³-hybridized carbons (Fsp3) is 0.500. The molecule has 0 unspecified atom stereocenters. The van der Waals surface area contributed by atoms with Crippen molar-refractivity contribution in [1.82, 2.24) is 4.98 Å². The van der Waals surface area contributed by atoms with Crippen LogP contribution < -0.4 is 4.90 Å². The molecule has 0 saturated heterocycles. The van der Waals surface area contributed by atoms with Crippen LogP contribution >= 0.6 is 0 Å². The fourth-order valence-corrected chi connectivity index (χ4v) is 1.53. The molecule has 1 rings (SSSR count). The monoisotopic (exact) mass is 260 g/mol. The fourth-order valence-electron chi connectivity index (χ4n) is 1.53. The van der Waals surface area contributed by atoms with E-state index in [0.29, 0.717) is 5.69 Å². The number of halogens is 3. The molecule has 0 amide bonds. The van der Waals surface area contributed by atoms with Crippen molar-refractivity contribution in [3.05, 3.63) is 24.0 Å². The van der Waals surface area contributed by atoms with E-state index in [-0.39, 0.29) is 17.5 Å². The Morgan fingerprint density at radius 3 is 2.33 bits per heavy atom. The molecule has 0 fully saturated rings. The summed E-state index contributed by atoms with van der Waals surface area (Å²) in [5.74, 6) is -0.214. The van der Waals surface area contributed by atoms with Crippen LogP contribution in [0.1, 0.15) is 31.3 Å². The second kappa shape index (κ2) is 5.37. The Morgan fingerprint density at radius 2 is 2.00 bits per heavy atom. The summed E-state index contributed by atoms with van der Waals surface area (Å²) < 4.78 is 37.3. The van der Waals surface area contributed by atoms with Gasteiger partial charge in [0.2, 0.25) is 0 Å². The molecule has 6 heteroatoms. The molecule has 1 aromatic rings. The zero-order valence-electron chi connectivity index (χ0n) is 10.5. The predicted octanol–water partition coefficient (Wildman–Crippen LogP) is 3.06. The van der Waals surface area contributed by atoms with Gasteiger partial charge in [0.05, 0.1) is 11.9 Å². The summed E-state index contributed by atoms with van der Waals surface area (Å²) in [5.41, 5.74) is 0.599. The number of hydrogen-bond donors (Lipinski definition) is 0. The molecule has 3 nitrogen and oxygen atoms in total. The third-order valence-corrected chi connectivity index (χ3v) is 2.41. The Hall–Kier alpha value is -1.59. The van der Waals surface area contributed by atoms with Gasteiger partial charge in [-0.3, -0.25) is 9.78 Å². The lowest BCUT2D eigenvalue weighted by atomic mass is 10.2. The van der Waals surface area contributed by atoms with Crippen molar-refractivity contribution in [2.45, 2.75) is 33.0 Å². The van der Waals surface area contributed by atoms with Crippen molar-refractivity contribution < 1.29 is 18.0 Å². The number of pyridine rings is 1. The Morgan fingerprint density at radius 1 is 1.39 bits per heavy atom. The minimum Gasteiger partial charge on any atom is -0.359 e. The van der Waals surface area contributed by atoms with E-state index >= 15 is 0 Å². The first-order chi connectivity index (χ1) is 8.20. The van der Waals surface area contributed by atoms with Crippen LogP contribution in [0.15, 0.2) is 18.3 Å². The minimum atomic E-state index is -4.27. The molecule has 0 aliphatic carbocycles. The van der Waals surface area contributed by atoms with Crippen LogP contribution in [0.5, 0.6) is 0 Å². The summed E-state index contributed by atoms with van der Waals surface area (Å²) in [6.07, 6.45) is -2.98. The predicted molar refractivity (Wildman–Crippen MR) is 62.8 cm³/mol. The summed E-state index contributed by atoms with van der Waals surface area (Å²) in [4.78, 5) is 16.1. The van der Waals surface area contributed by atoms with Gasteiger partial charge >= 0.3 is 6.18 Å². The molecule has 18 heavy (non-hydrogen) atoms. The molecule has 0 spiro atoms. The van der Waals surface area contributed by atoms with E-state index in [1.165, 1.54) is 30.2 Å². The molecule has 0 atom stereocenters. The Bertz CT molecular complexity index is 412. The second-order valence-corrected chi connectivity index (χ2v) is 4.29. The van der Waals surface area contributed by atoms with Crippen LogP contribution in [0.25, 0.3) is 0 Å². The van der Waals surface area contributed by atoms with E-state index < -0.39 is 12.7 Å². The summed E-state index contributed by atoms with van der Waals surface area (Å²) >= 11 is 0. The third kappa shape index (κ3) is 4.01. The number of nitrogens with zero attached hydrogens (tertiary/aromatic N) is 2. The first-order valence-electron chi connectivity index (χ1n) is 5.51. The number of ketones is 1. The molecule has 1 aromatic heterocycles. The third-order valence-electron chi connectivity index (χ3n) is 2.41. The highest BCUT2D eigenvalue weighted by Crippen LogP contribution is 2.23. The lowest BCUT2D eigenvalue weighted by Gasteiger charge is -2.29. The summed E-state index contributed by atoms with van der Waals surface area (Å²) in [6, 6.07) is 2.61. The van der Waals surface area contributed by atoms with Gasteiger partial charge in [-0.25, -0.2) is 0 Å². The van der Waals surface area contributed by atoms with Gasteiger partial charge in [-0.05, 0) is 26.0 Å². The maximum absolute atomic E-state index is 12.4. The molecule has 0 aromatic carbocycles. The second-order valence-electron chi connectivity index (χ2n) is 4.29. The highest BCUT2D eigenvalue weighted by molar-refractivity contribution is 5.92. The first kappa shape index (κ1) is 14.5. The number of rotatable bonds is 4. The van der Waals surface area contributed by atoms with Gasteiger partial charge in [-0.15, -0.1) is 0 Å². The van der Waals surface area contributed by atoms with Gasteiger partial charge < -0.3 is 4.90 Å². The number of carbonyl (C=O) groups is 1. The molecule has 0 bridgehead atoms. The van der Waals surface area contributed by atoms with E-state index in [9.17, 15) is 18.0 Å². The largest absolute Gasteiger partial charge is 0.405 e. The quantitative estimate of drug-likeness (QED) is 0.780. The smallest absolute Gasteiger partial charge is 0.359 e. The van der Waals surface area contributed by atoms with E-state index in [0.717, 1.165) is 0 Å². The normalized spacial score (nSPS) is 11.7.